The van der Waals surface area contributed by atoms with Gasteiger partial charge in [0.1, 0.15) is 0 Å². The number of Topliss-reactive ketones (excluding diaryl/α,β-unsaturated/α-hetero) is 1. The molecule has 0 N–H and O–H groups in total. The number of ether oxygens (including phenoxy) is 1. The van der Waals surface area contributed by atoms with Crippen LogP contribution in [0.4, 0.5) is 0 Å². The van der Waals surface area contributed by atoms with E-state index >= 15 is 0 Å². The van der Waals surface area contributed by atoms with Crippen molar-refractivity contribution in [3.05, 3.63) is 35.4 Å². The molecule has 2 nitrogen and oxygen atoms in total. The van der Waals surface area contributed by atoms with Crippen LogP contribution in [0.15, 0.2) is 24.3 Å². The predicted octanol–water partition coefficient (Wildman–Crippen LogP) is 2.60. The van der Waals surface area contributed by atoms with Crippen molar-refractivity contribution in [2.24, 2.45) is 0 Å². The predicted molar refractivity (Wildman–Crippen MR) is 51.9 cm³/mol. The molecular weight excluding hydrogens is 164 g/mol. The third-order valence-electron chi connectivity index (χ3n) is 2.14. The zero-order valence-electron chi connectivity index (χ0n) is 8.20. The van der Waals surface area contributed by atoms with Gasteiger partial charge in [0.05, 0.1) is 6.10 Å². The van der Waals surface area contributed by atoms with Crippen LogP contribution in [0.3, 0.4) is 0 Å². The van der Waals surface area contributed by atoms with Crippen LogP contribution in [0.1, 0.15) is 35.9 Å². The SMILES string of the molecule is CO[C@@H](C)c1ccc(C(C)=O)cc1. The molecule has 13 heavy (non-hydrogen) atoms. The first-order valence-corrected chi connectivity index (χ1v) is 4.29. The molecule has 70 valence electrons. The van der Waals surface area contributed by atoms with Crippen molar-refractivity contribution in [2.45, 2.75) is 20.0 Å². The lowest BCUT2D eigenvalue weighted by atomic mass is 10.1. The largest absolute Gasteiger partial charge is 0.377 e. The topological polar surface area (TPSA) is 26.3 Å². The van der Waals surface area contributed by atoms with Crippen LogP contribution in [0.2, 0.25) is 0 Å². The number of benzene rings is 1. The standard InChI is InChI=1S/C11H14O2/c1-8(12)10-4-6-11(7-5-10)9(2)13-3/h4-7,9H,1-3H3/t9-/m0/s1. The Morgan fingerprint density at radius 2 is 1.85 bits per heavy atom. The molecule has 0 saturated carbocycles. The van der Waals surface area contributed by atoms with Crippen molar-refractivity contribution in [3.63, 3.8) is 0 Å². The summed E-state index contributed by atoms with van der Waals surface area (Å²) in [7, 11) is 1.67. The van der Waals surface area contributed by atoms with E-state index in [4.69, 9.17) is 4.74 Å². The summed E-state index contributed by atoms with van der Waals surface area (Å²) in [6.07, 6.45) is 0.0843. The molecule has 1 aromatic rings. The molecule has 0 bridgehead atoms. The zero-order valence-corrected chi connectivity index (χ0v) is 8.20. The van der Waals surface area contributed by atoms with E-state index in [0.29, 0.717) is 0 Å². The number of hydrogen-bond acceptors (Lipinski definition) is 2. The van der Waals surface area contributed by atoms with Gasteiger partial charge < -0.3 is 4.74 Å². The van der Waals surface area contributed by atoms with Gasteiger partial charge in [-0.1, -0.05) is 24.3 Å². The molecule has 0 aliphatic carbocycles. The van der Waals surface area contributed by atoms with E-state index < -0.39 is 0 Å². The van der Waals surface area contributed by atoms with Crippen molar-refractivity contribution < 1.29 is 9.53 Å². The molecule has 1 rings (SSSR count). The third kappa shape index (κ3) is 2.39. The van der Waals surface area contributed by atoms with Gasteiger partial charge in [-0.05, 0) is 19.4 Å². The Labute approximate surface area is 78.5 Å². The molecule has 0 amide bonds. The molecule has 0 aliphatic heterocycles. The lowest BCUT2D eigenvalue weighted by molar-refractivity contribution is 0.101. The molecule has 0 spiro atoms. The molecule has 1 aromatic carbocycles. The van der Waals surface area contributed by atoms with E-state index in [1.165, 1.54) is 0 Å². The lowest BCUT2D eigenvalue weighted by Crippen LogP contribution is -1.97. The Kier molecular flexibility index (Phi) is 3.20. The minimum Gasteiger partial charge on any atom is -0.377 e. The molecular formula is C11H14O2. The summed E-state index contributed by atoms with van der Waals surface area (Å²) in [5.41, 5.74) is 1.83. The summed E-state index contributed by atoms with van der Waals surface area (Å²) >= 11 is 0. The van der Waals surface area contributed by atoms with Gasteiger partial charge in [-0.2, -0.15) is 0 Å². The Morgan fingerprint density at radius 1 is 1.31 bits per heavy atom. The lowest BCUT2D eigenvalue weighted by Gasteiger charge is -2.09. The van der Waals surface area contributed by atoms with Crippen LogP contribution < -0.4 is 0 Å². The number of methoxy groups -OCH3 is 1. The zero-order chi connectivity index (χ0) is 9.84. The van der Waals surface area contributed by atoms with Gasteiger partial charge in [-0.15, -0.1) is 0 Å². The van der Waals surface area contributed by atoms with Crippen molar-refractivity contribution in [1.82, 2.24) is 0 Å². The normalized spacial score (nSPS) is 12.5. The summed E-state index contributed by atoms with van der Waals surface area (Å²) in [6, 6.07) is 7.50. The fourth-order valence-corrected chi connectivity index (χ4v) is 1.12. The van der Waals surface area contributed by atoms with E-state index in [1.807, 2.05) is 31.2 Å². The number of carbonyl (C=O) groups is 1. The quantitative estimate of drug-likeness (QED) is 0.665. The second-order valence-corrected chi connectivity index (χ2v) is 3.06. The first kappa shape index (κ1) is 9.93. The van der Waals surface area contributed by atoms with Gasteiger partial charge in [0.25, 0.3) is 0 Å². The van der Waals surface area contributed by atoms with Crippen molar-refractivity contribution >= 4 is 5.78 Å². The molecule has 0 heterocycles. The molecule has 0 radical (unpaired) electrons. The van der Waals surface area contributed by atoms with E-state index in [0.717, 1.165) is 11.1 Å². The highest BCUT2D eigenvalue weighted by molar-refractivity contribution is 5.93. The van der Waals surface area contributed by atoms with E-state index in [1.54, 1.807) is 14.0 Å². The van der Waals surface area contributed by atoms with Crippen molar-refractivity contribution in [3.8, 4) is 0 Å². The molecule has 2 heteroatoms. The number of carbonyl (C=O) groups excluding carboxylic acids is 1. The Hall–Kier alpha value is -1.15. The van der Waals surface area contributed by atoms with Gasteiger partial charge in [-0.25, -0.2) is 0 Å². The van der Waals surface area contributed by atoms with Crippen molar-refractivity contribution in [2.75, 3.05) is 7.11 Å². The Morgan fingerprint density at radius 3 is 2.23 bits per heavy atom. The van der Waals surface area contributed by atoms with Gasteiger partial charge in [0, 0.05) is 12.7 Å². The van der Waals surface area contributed by atoms with Gasteiger partial charge >= 0.3 is 0 Å². The average Bonchev–Trinajstić information content (AvgIpc) is 2.17. The summed E-state index contributed by atoms with van der Waals surface area (Å²) in [4.78, 5) is 11.0. The third-order valence-corrected chi connectivity index (χ3v) is 2.14. The van der Waals surface area contributed by atoms with Crippen LogP contribution >= 0.6 is 0 Å². The Bertz CT molecular complexity index is 287. The Balaban J connectivity index is 2.87. The van der Waals surface area contributed by atoms with Crippen LogP contribution in [0.25, 0.3) is 0 Å². The van der Waals surface area contributed by atoms with Crippen LogP contribution in [-0.4, -0.2) is 12.9 Å². The van der Waals surface area contributed by atoms with E-state index in [9.17, 15) is 4.79 Å². The van der Waals surface area contributed by atoms with Gasteiger partial charge in [0.15, 0.2) is 5.78 Å². The fourth-order valence-electron chi connectivity index (χ4n) is 1.12. The summed E-state index contributed by atoms with van der Waals surface area (Å²) < 4.78 is 5.15. The van der Waals surface area contributed by atoms with Crippen LogP contribution in [0.5, 0.6) is 0 Å². The van der Waals surface area contributed by atoms with Crippen LogP contribution in [-0.2, 0) is 4.74 Å². The summed E-state index contributed by atoms with van der Waals surface area (Å²) in [5, 5.41) is 0. The number of rotatable bonds is 3. The maximum absolute atomic E-state index is 11.0. The molecule has 0 fully saturated rings. The maximum atomic E-state index is 11.0. The first-order valence-electron chi connectivity index (χ1n) is 4.29. The fraction of sp³-hybridized carbons (Fsp3) is 0.364. The molecule has 0 aliphatic rings. The molecule has 0 saturated heterocycles. The second-order valence-electron chi connectivity index (χ2n) is 3.06. The maximum Gasteiger partial charge on any atom is 0.159 e. The average molecular weight is 178 g/mol. The highest BCUT2D eigenvalue weighted by Gasteiger charge is 2.04. The first-order chi connectivity index (χ1) is 6.15. The molecule has 0 aromatic heterocycles. The minimum absolute atomic E-state index is 0.0843. The van der Waals surface area contributed by atoms with E-state index in [2.05, 4.69) is 0 Å². The highest BCUT2D eigenvalue weighted by Crippen LogP contribution is 2.16. The van der Waals surface area contributed by atoms with Gasteiger partial charge in [-0.3, -0.25) is 4.79 Å². The second kappa shape index (κ2) is 4.19. The van der Waals surface area contributed by atoms with Gasteiger partial charge in [0.2, 0.25) is 0 Å². The highest BCUT2D eigenvalue weighted by atomic mass is 16.5. The van der Waals surface area contributed by atoms with Crippen LogP contribution in [0, 0.1) is 0 Å². The van der Waals surface area contributed by atoms with E-state index in [-0.39, 0.29) is 11.9 Å². The monoisotopic (exact) mass is 178 g/mol. The number of hydrogen-bond donors (Lipinski definition) is 0. The summed E-state index contributed by atoms with van der Waals surface area (Å²) in [5.74, 6) is 0.0941. The molecule has 0 unspecified atom stereocenters. The summed E-state index contributed by atoms with van der Waals surface area (Å²) in [6.45, 7) is 3.54. The minimum atomic E-state index is 0.0843. The molecule has 1 atom stereocenters. The smallest absolute Gasteiger partial charge is 0.159 e. The van der Waals surface area contributed by atoms with Crippen molar-refractivity contribution in [1.29, 1.82) is 0 Å². The number of ketones is 1.